The number of phenols is 1. The number of phenolic OH excluding ortho intramolecular Hbond substituents is 1. The van der Waals surface area contributed by atoms with Gasteiger partial charge < -0.3 is 19.7 Å². The lowest BCUT2D eigenvalue weighted by Gasteiger charge is -2.21. The summed E-state index contributed by atoms with van der Waals surface area (Å²) in [6.45, 7) is 2.59. The largest absolute Gasteiger partial charge is 0.504 e. The van der Waals surface area contributed by atoms with Crippen molar-refractivity contribution in [3.63, 3.8) is 0 Å². The van der Waals surface area contributed by atoms with Gasteiger partial charge in [0, 0.05) is 36.2 Å². The Balaban J connectivity index is 1.63. The lowest BCUT2D eigenvalue weighted by atomic mass is 9.97. The van der Waals surface area contributed by atoms with Crippen molar-refractivity contribution in [2.45, 2.75) is 45.2 Å². The molecule has 0 unspecified atom stereocenters. The molecular formula is C18H23ClN2O3. The SMILES string of the molecule is COc1cc(CN[C@@H]2CCC[C@H]2Cc2cc(C)no2)c(Cl)cc1O. The number of halogens is 1. The van der Waals surface area contributed by atoms with Crippen LogP contribution in [-0.2, 0) is 13.0 Å². The fraction of sp³-hybridized carbons (Fsp3) is 0.500. The molecule has 1 aromatic heterocycles. The second-order valence-electron chi connectivity index (χ2n) is 6.43. The van der Waals surface area contributed by atoms with Gasteiger partial charge >= 0.3 is 0 Å². The van der Waals surface area contributed by atoms with Crippen LogP contribution in [0.25, 0.3) is 0 Å². The first-order valence-corrected chi connectivity index (χ1v) is 8.65. The van der Waals surface area contributed by atoms with E-state index in [2.05, 4.69) is 10.5 Å². The van der Waals surface area contributed by atoms with Crippen LogP contribution in [0.15, 0.2) is 22.7 Å². The molecule has 2 aromatic rings. The number of nitrogens with zero attached hydrogens (tertiary/aromatic N) is 1. The summed E-state index contributed by atoms with van der Waals surface area (Å²) in [6.07, 6.45) is 4.45. The highest BCUT2D eigenvalue weighted by molar-refractivity contribution is 6.31. The van der Waals surface area contributed by atoms with Gasteiger partial charge in [-0.3, -0.25) is 0 Å². The summed E-state index contributed by atoms with van der Waals surface area (Å²) in [6, 6.07) is 5.75. The van der Waals surface area contributed by atoms with E-state index >= 15 is 0 Å². The van der Waals surface area contributed by atoms with Gasteiger partial charge in [-0.05, 0) is 37.3 Å². The van der Waals surface area contributed by atoms with Crippen LogP contribution in [0.4, 0.5) is 0 Å². The molecule has 0 spiro atoms. The summed E-state index contributed by atoms with van der Waals surface area (Å²) >= 11 is 6.23. The fourth-order valence-corrected chi connectivity index (χ4v) is 3.67. The number of hydrogen-bond acceptors (Lipinski definition) is 5. The quantitative estimate of drug-likeness (QED) is 0.828. The molecule has 2 atom stereocenters. The Hall–Kier alpha value is -1.72. The zero-order valence-corrected chi connectivity index (χ0v) is 14.8. The van der Waals surface area contributed by atoms with Crippen molar-refractivity contribution in [2.75, 3.05) is 7.11 Å². The summed E-state index contributed by atoms with van der Waals surface area (Å²) in [5.74, 6) is 1.99. The summed E-state index contributed by atoms with van der Waals surface area (Å²) < 4.78 is 10.5. The first kappa shape index (κ1) is 17.1. The van der Waals surface area contributed by atoms with Crippen LogP contribution in [0.2, 0.25) is 5.02 Å². The van der Waals surface area contributed by atoms with Crippen LogP contribution in [0.1, 0.15) is 36.3 Å². The maximum atomic E-state index is 9.76. The Morgan fingerprint density at radius 1 is 1.38 bits per heavy atom. The molecule has 6 heteroatoms. The average molecular weight is 351 g/mol. The highest BCUT2D eigenvalue weighted by Gasteiger charge is 2.28. The molecule has 1 aliphatic rings. The minimum atomic E-state index is 0.0608. The van der Waals surface area contributed by atoms with Crippen LogP contribution in [0.5, 0.6) is 11.5 Å². The second-order valence-corrected chi connectivity index (χ2v) is 6.84. The van der Waals surface area contributed by atoms with E-state index in [0.717, 1.165) is 29.9 Å². The molecule has 24 heavy (non-hydrogen) atoms. The van der Waals surface area contributed by atoms with Gasteiger partial charge in [0.25, 0.3) is 0 Å². The van der Waals surface area contributed by atoms with E-state index in [-0.39, 0.29) is 5.75 Å². The van der Waals surface area contributed by atoms with E-state index in [0.29, 0.717) is 29.3 Å². The molecule has 1 fully saturated rings. The van der Waals surface area contributed by atoms with E-state index in [1.54, 1.807) is 6.07 Å². The lowest BCUT2D eigenvalue weighted by Crippen LogP contribution is -2.33. The van der Waals surface area contributed by atoms with Crippen molar-refractivity contribution in [2.24, 2.45) is 5.92 Å². The number of benzene rings is 1. The summed E-state index contributed by atoms with van der Waals surface area (Å²) in [7, 11) is 1.53. The summed E-state index contributed by atoms with van der Waals surface area (Å²) in [4.78, 5) is 0. The van der Waals surface area contributed by atoms with E-state index in [4.69, 9.17) is 20.9 Å². The molecule has 5 nitrogen and oxygen atoms in total. The van der Waals surface area contributed by atoms with Crippen LogP contribution < -0.4 is 10.1 Å². The Kier molecular flexibility index (Phi) is 5.31. The summed E-state index contributed by atoms with van der Waals surface area (Å²) in [5.41, 5.74) is 1.85. The zero-order chi connectivity index (χ0) is 17.1. The Morgan fingerprint density at radius 3 is 2.92 bits per heavy atom. The van der Waals surface area contributed by atoms with Gasteiger partial charge in [0.1, 0.15) is 5.76 Å². The third kappa shape index (κ3) is 3.84. The first-order chi connectivity index (χ1) is 11.6. The smallest absolute Gasteiger partial charge is 0.160 e. The summed E-state index contributed by atoms with van der Waals surface area (Å²) in [5, 5.41) is 17.9. The van der Waals surface area contributed by atoms with E-state index < -0.39 is 0 Å². The predicted octanol–water partition coefficient (Wildman–Crippen LogP) is 3.85. The van der Waals surface area contributed by atoms with Gasteiger partial charge in [-0.2, -0.15) is 0 Å². The highest BCUT2D eigenvalue weighted by atomic mass is 35.5. The van der Waals surface area contributed by atoms with Gasteiger partial charge in [0.2, 0.25) is 0 Å². The number of hydrogen-bond donors (Lipinski definition) is 2. The second kappa shape index (κ2) is 7.45. The van der Waals surface area contributed by atoms with Crippen molar-refractivity contribution in [1.29, 1.82) is 0 Å². The van der Waals surface area contributed by atoms with E-state index in [1.807, 2.05) is 13.0 Å². The highest BCUT2D eigenvalue weighted by Crippen LogP contribution is 2.33. The van der Waals surface area contributed by atoms with Gasteiger partial charge in [0.15, 0.2) is 11.5 Å². The number of methoxy groups -OCH3 is 1. The number of aromatic nitrogens is 1. The monoisotopic (exact) mass is 350 g/mol. The molecule has 0 aliphatic heterocycles. The van der Waals surface area contributed by atoms with E-state index in [9.17, 15) is 5.11 Å². The Labute approximate surface area is 146 Å². The molecule has 2 N–H and O–H groups in total. The Morgan fingerprint density at radius 2 is 2.21 bits per heavy atom. The average Bonchev–Trinajstić information content (AvgIpc) is 3.16. The van der Waals surface area contributed by atoms with Crippen molar-refractivity contribution in [3.8, 4) is 11.5 Å². The molecule has 0 radical (unpaired) electrons. The van der Waals surface area contributed by atoms with E-state index in [1.165, 1.54) is 26.0 Å². The van der Waals surface area contributed by atoms with Crippen molar-refractivity contribution in [3.05, 3.63) is 40.2 Å². The molecule has 130 valence electrons. The lowest BCUT2D eigenvalue weighted by molar-refractivity contribution is 0.329. The zero-order valence-electron chi connectivity index (χ0n) is 14.0. The van der Waals surface area contributed by atoms with Gasteiger partial charge in [-0.25, -0.2) is 0 Å². The maximum Gasteiger partial charge on any atom is 0.160 e. The van der Waals surface area contributed by atoms with Crippen molar-refractivity contribution >= 4 is 11.6 Å². The molecule has 0 saturated heterocycles. The molecule has 1 aliphatic carbocycles. The van der Waals surface area contributed by atoms with Crippen molar-refractivity contribution < 1.29 is 14.4 Å². The van der Waals surface area contributed by atoms with Gasteiger partial charge in [-0.1, -0.05) is 23.2 Å². The minimum absolute atomic E-state index is 0.0608. The molecule has 1 saturated carbocycles. The number of ether oxygens (including phenoxy) is 1. The van der Waals surface area contributed by atoms with Crippen LogP contribution in [0.3, 0.4) is 0 Å². The van der Waals surface area contributed by atoms with Gasteiger partial charge in [0.05, 0.1) is 12.8 Å². The number of aryl methyl sites for hydroxylation is 1. The van der Waals surface area contributed by atoms with Crippen molar-refractivity contribution in [1.82, 2.24) is 10.5 Å². The van der Waals surface area contributed by atoms with Crippen LogP contribution in [0, 0.1) is 12.8 Å². The molecule has 0 bridgehead atoms. The molecule has 1 heterocycles. The Bertz CT molecular complexity index is 702. The molecule has 1 aromatic carbocycles. The molecule has 0 amide bonds. The number of nitrogens with one attached hydrogen (secondary N) is 1. The van der Waals surface area contributed by atoms with Crippen LogP contribution in [-0.4, -0.2) is 23.4 Å². The predicted molar refractivity (Wildman–Crippen MR) is 92.6 cm³/mol. The molecular weight excluding hydrogens is 328 g/mol. The number of aromatic hydroxyl groups is 1. The maximum absolute atomic E-state index is 9.76. The topological polar surface area (TPSA) is 67.5 Å². The third-order valence-corrected chi connectivity index (χ3v) is 5.05. The number of rotatable bonds is 6. The van der Waals surface area contributed by atoms with Crippen LogP contribution >= 0.6 is 11.6 Å². The third-order valence-electron chi connectivity index (χ3n) is 4.70. The normalized spacial score (nSPS) is 20.5. The first-order valence-electron chi connectivity index (χ1n) is 8.27. The van der Waals surface area contributed by atoms with Gasteiger partial charge in [-0.15, -0.1) is 0 Å². The minimum Gasteiger partial charge on any atom is -0.504 e. The molecule has 3 rings (SSSR count). The fourth-order valence-electron chi connectivity index (χ4n) is 3.45. The standard InChI is InChI=1S/C18H23ClN2O3/c1-11-6-14(24-21-11)7-12-4-3-5-16(12)20-10-13-8-18(23-2)17(22)9-15(13)19/h6,8-9,12,16,20,22H,3-5,7,10H2,1-2H3/t12-,16+/m0/s1.